The molecular formula is C22H24ClFN4O6S. The van der Waals surface area contributed by atoms with Crippen LogP contribution in [0.3, 0.4) is 0 Å². The van der Waals surface area contributed by atoms with E-state index in [0.29, 0.717) is 16.7 Å². The number of rotatable bonds is 4. The topological polar surface area (TPSA) is 151 Å². The molecule has 0 unspecified atom stereocenters. The highest BCUT2D eigenvalue weighted by atomic mass is 35.5. The van der Waals surface area contributed by atoms with Crippen LogP contribution < -0.4 is 16.0 Å². The summed E-state index contributed by atoms with van der Waals surface area (Å²) in [6.45, 7) is 4.68. The lowest BCUT2D eigenvalue weighted by Gasteiger charge is -2.27. The van der Waals surface area contributed by atoms with Gasteiger partial charge in [-0.1, -0.05) is 28.9 Å². The molecule has 1 aliphatic rings. The summed E-state index contributed by atoms with van der Waals surface area (Å²) in [4.78, 5) is 26.5. The van der Waals surface area contributed by atoms with Gasteiger partial charge in [0.25, 0.3) is 5.91 Å². The van der Waals surface area contributed by atoms with Crippen molar-refractivity contribution in [2.45, 2.75) is 43.9 Å². The molecule has 0 aliphatic carbocycles. The van der Waals surface area contributed by atoms with Gasteiger partial charge >= 0.3 is 6.09 Å². The zero-order valence-electron chi connectivity index (χ0n) is 19.1. The molecule has 0 fully saturated rings. The van der Waals surface area contributed by atoms with Crippen molar-refractivity contribution in [3.8, 4) is 0 Å². The van der Waals surface area contributed by atoms with Crippen LogP contribution in [0.1, 0.15) is 31.9 Å². The number of carbonyl (C=O) groups excluding carboxylic acids is 2. The maximum Gasteiger partial charge on any atom is 0.408 e. The van der Waals surface area contributed by atoms with E-state index in [1.807, 2.05) is 0 Å². The highest BCUT2D eigenvalue weighted by molar-refractivity contribution is 7.91. The van der Waals surface area contributed by atoms with Gasteiger partial charge < -0.3 is 25.9 Å². The second kappa shape index (κ2) is 9.70. The predicted molar refractivity (Wildman–Crippen MR) is 127 cm³/mol. The number of nitrogens with zero attached hydrogens (tertiary/aromatic N) is 2. The Morgan fingerprint density at radius 1 is 1.31 bits per heavy atom. The van der Waals surface area contributed by atoms with E-state index >= 15 is 0 Å². The maximum atomic E-state index is 14.7. The quantitative estimate of drug-likeness (QED) is 0.240. The van der Waals surface area contributed by atoms with Crippen LogP contribution in [0.15, 0.2) is 46.4 Å². The number of oxime groups is 1. The SMILES string of the molecule is CC(C)(C)OC(=O)N[C@H]1CS(=O)(=O)c2cc(F)c(/C(N)=N/O)cc2N(Cc2ccc(Cl)cc2)C1=O. The Balaban J connectivity index is 2.16. The Bertz CT molecular complexity index is 1290. The van der Waals surface area contributed by atoms with Gasteiger partial charge in [-0.3, -0.25) is 4.79 Å². The number of carbonyl (C=O) groups is 2. The third kappa shape index (κ3) is 6.01. The number of alkyl carbamates (subject to hydrolysis) is 1. The van der Waals surface area contributed by atoms with Crippen molar-refractivity contribution < 1.29 is 32.3 Å². The molecule has 10 nitrogen and oxygen atoms in total. The molecule has 2 aromatic carbocycles. The van der Waals surface area contributed by atoms with Crippen LogP contribution in [0.4, 0.5) is 14.9 Å². The number of nitrogens with one attached hydrogen (secondary N) is 1. The zero-order valence-corrected chi connectivity index (χ0v) is 20.7. The monoisotopic (exact) mass is 526 g/mol. The number of amides is 2. The largest absolute Gasteiger partial charge is 0.444 e. The molecule has 13 heteroatoms. The van der Waals surface area contributed by atoms with Crippen LogP contribution in [-0.4, -0.2) is 48.9 Å². The average Bonchev–Trinajstić information content (AvgIpc) is 2.82. The smallest absolute Gasteiger partial charge is 0.408 e. The molecule has 0 radical (unpaired) electrons. The first-order valence-electron chi connectivity index (χ1n) is 10.3. The average molecular weight is 527 g/mol. The molecule has 0 bridgehead atoms. The van der Waals surface area contributed by atoms with Crippen LogP contribution >= 0.6 is 11.6 Å². The Labute approximate surface area is 206 Å². The van der Waals surface area contributed by atoms with Crippen LogP contribution in [0.25, 0.3) is 0 Å². The van der Waals surface area contributed by atoms with Crippen LogP contribution in [-0.2, 0) is 25.9 Å². The molecular weight excluding hydrogens is 503 g/mol. The standard InChI is InChI=1S/C22H24ClFN4O6S/c1-22(2,3)34-21(30)26-16-11-35(32,33)18-9-15(24)14(19(25)27-31)8-17(18)28(20(16)29)10-12-4-6-13(23)7-5-12/h4-9,16,31H,10-11H2,1-3H3,(H2,25,27)(H,26,30)/t16-/m0/s1. The summed E-state index contributed by atoms with van der Waals surface area (Å²) in [7, 11) is -4.29. The highest BCUT2D eigenvalue weighted by Crippen LogP contribution is 2.34. The minimum atomic E-state index is -4.29. The molecule has 4 N–H and O–H groups in total. The van der Waals surface area contributed by atoms with Gasteiger partial charge in [-0.25, -0.2) is 17.6 Å². The molecule has 1 atom stereocenters. The van der Waals surface area contributed by atoms with Gasteiger partial charge in [-0.2, -0.15) is 0 Å². The summed E-state index contributed by atoms with van der Waals surface area (Å²) in [5.41, 5.74) is 4.62. The first-order valence-corrected chi connectivity index (χ1v) is 12.3. The lowest BCUT2D eigenvalue weighted by molar-refractivity contribution is -0.120. The highest BCUT2D eigenvalue weighted by Gasteiger charge is 2.40. The third-order valence-electron chi connectivity index (χ3n) is 4.95. The molecule has 0 spiro atoms. The molecule has 1 heterocycles. The summed E-state index contributed by atoms with van der Waals surface area (Å²) in [6.07, 6.45) is -0.994. The zero-order chi connectivity index (χ0) is 26.1. The van der Waals surface area contributed by atoms with Crippen molar-refractivity contribution in [2.75, 3.05) is 10.7 Å². The molecule has 0 saturated heterocycles. The van der Waals surface area contributed by atoms with Crippen molar-refractivity contribution in [2.24, 2.45) is 10.9 Å². The van der Waals surface area contributed by atoms with Crippen molar-refractivity contribution >= 4 is 45.0 Å². The van der Waals surface area contributed by atoms with Gasteiger partial charge in [0.1, 0.15) is 17.5 Å². The number of amidine groups is 1. The Morgan fingerprint density at radius 3 is 2.51 bits per heavy atom. The lowest BCUT2D eigenvalue weighted by atomic mass is 10.1. The van der Waals surface area contributed by atoms with E-state index in [0.717, 1.165) is 11.0 Å². The number of hydrogen-bond acceptors (Lipinski definition) is 7. The number of sulfone groups is 1. The molecule has 0 aromatic heterocycles. The third-order valence-corrected chi connectivity index (χ3v) is 6.97. The normalized spacial score (nSPS) is 18.0. The van der Waals surface area contributed by atoms with Crippen LogP contribution in [0.2, 0.25) is 5.02 Å². The van der Waals surface area contributed by atoms with Crippen molar-refractivity contribution in [3.05, 3.63) is 58.4 Å². The first kappa shape index (κ1) is 26.2. The first-order chi connectivity index (χ1) is 16.2. The maximum absolute atomic E-state index is 14.7. The van der Waals surface area contributed by atoms with Gasteiger partial charge in [0, 0.05) is 5.02 Å². The number of fused-ring (bicyclic) bond motifs is 1. The molecule has 3 rings (SSSR count). The van der Waals surface area contributed by atoms with Gasteiger partial charge in [0.2, 0.25) is 0 Å². The number of nitrogens with two attached hydrogens (primary N) is 1. The van der Waals surface area contributed by atoms with E-state index in [2.05, 4.69) is 10.5 Å². The number of anilines is 1. The van der Waals surface area contributed by atoms with E-state index in [1.54, 1.807) is 45.0 Å². The molecule has 2 amide bonds. The second-order valence-electron chi connectivity index (χ2n) is 8.82. The minimum absolute atomic E-state index is 0.147. The van der Waals surface area contributed by atoms with Gasteiger partial charge in [0.05, 0.1) is 28.4 Å². The summed E-state index contributed by atoms with van der Waals surface area (Å²) in [5.74, 6) is -3.31. The number of halogens is 2. The summed E-state index contributed by atoms with van der Waals surface area (Å²) >= 11 is 5.94. The van der Waals surface area contributed by atoms with Gasteiger partial charge in [0.15, 0.2) is 15.7 Å². The van der Waals surface area contributed by atoms with Gasteiger partial charge in [-0.05, 0) is 50.6 Å². The Morgan fingerprint density at radius 2 is 1.94 bits per heavy atom. The van der Waals surface area contributed by atoms with Crippen molar-refractivity contribution in [1.82, 2.24) is 5.32 Å². The van der Waals surface area contributed by atoms with Crippen molar-refractivity contribution in [3.63, 3.8) is 0 Å². The molecule has 2 aromatic rings. The predicted octanol–water partition coefficient (Wildman–Crippen LogP) is 2.79. The van der Waals surface area contributed by atoms with Crippen LogP contribution in [0, 0.1) is 5.82 Å². The summed E-state index contributed by atoms with van der Waals surface area (Å²) in [5, 5.41) is 14.5. The second-order valence-corrected chi connectivity index (χ2v) is 11.3. The lowest BCUT2D eigenvalue weighted by Crippen LogP contribution is -2.51. The van der Waals surface area contributed by atoms with E-state index in [4.69, 9.17) is 27.3 Å². The van der Waals surface area contributed by atoms with Crippen molar-refractivity contribution in [1.29, 1.82) is 0 Å². The minimum Gasteiger partial charge on any atom is -0.444 e. The Hall–Kier alpha value is -3.38. The molecule has 35 heavy (non-hydrogen) atoms. The van der Waals surface area contributed by atoms with E-state index < -0.39 is 61.3 Å². The number of hydrogen-bond donors (Lipinski definition) is 3. The summed E-state index contributed by atoms with van der Waals surface area (Å²) < 4.78 is 46.3. The fourth-order valence-electron chi connectivity index (χ4n) is 3.43. The number of ether oxygens (including phenoxy) is 1. The van der Waals surface area contributed by atoms with Crippen LogP contribution in [0.5, 0.6) is 0 Å². The van der Waals surface area contributed by atoms with E-state index in [9.17, 15) is 22.4 Å². The molecule has 0 saturated carbocycles. The Kier molecular flexibility index (Phi) is 7.27. The van der Waals surface area contributed by atoms with Gasteiger partial charge in [-0.15, -0.1) is 0 Å². The summed E-state index contributed by atoms with van der Waals surface area (Å²) in [6, 6.07) is 6.60. The van der Waals surface area contributed by atoms with E-state index in [1.165, 1.54) is 0 Å². The molecule has 1 aliphatic heterocycles. The fraction of sp³-hybridized carbons (Fsp3) is 0.318. The molecule has 188 valence electrons. The fourth-order valence-corrected chi connectivity index (χ4v) is 5.17. The number of benzene rings is 2. The van der Waals surface area contributed by atoms with E-state index in [-0.39, 0.29) is 12.2 Å².